The molecule has 1 aromatic heterocycles. The number of guanidine groups is 1. The number of rotatable bonds is 2. The fourth-order valence-electron chi connectivity index (χ4n) is 4.02. The molecule has 0 atom stereocenters. The number of aromatic nitrogens is 2. The maximum absolute atomic E-state index is 13.1. The first kappa shape index (κ1) is 17.4. The molecule has 3 N–H and O–H groups in total. The van der Waals surface area contributed by atoms with Gasteiger partial charge in [0.05, 0.1) is 16.9 Å². The molecule has 0 bridgehead atoms. The summed E-state index contributed by atoms with van der Waals surface area (Å²) in [6.45, 7) is 3.65. The molecule has 142 valence electrons. The normalized spacial score (nSPS) is 18.4. The summed E-state index contributed by atoms with van der Waals surface area (Å²) in [5.41, 5.74) is 1.21. The van der Waals surface area contributed by atoms with Crippen LogP contribution in [0.3, 0.4) is 0 Å². The number of hydrogen-bond donors (Lipinski definition) is 3. The Balaban J connectivity index is 1.60. The number of nitrogens with zero attached hydrogens (tertiary/aromatic N) is 3. The van der Waals surface area contributed by atoms with E-state index in [1.54, 1.807) is 16.6 Å². The molecule has 2 aliphatic heterocycles. The van der Waals surface area contributed by atoms with Crippen molar-refractivity contribution in [3.63, 3.8) is 0 Å². The van der Waals surface area contributed by atoms with Crippen molar-refractivity contribution in [1.82, 2.24) is 24.9 Å². The molecule has 1 amide bonds. The number of piperidine rings is 1. The molecule has 0 unspecified atom stereocenters. The van der Waals surface area contributed by atoms with Gasteiger partial charge in [-0.15, -0.1) is 0 Å². The van der Waals surface area contributed by atoms with Crippen LogP contribution in [0.5, 0.6) is 0 Å². The summed E-state index contributed by atoms with van der Waals surface area (Å²) in [5.74, 6) is 0.137. The van der Waals surface area contributed by atoms with E-state index in [2.05, 4.69) is 10.6 Å². The highest BCUT2D eigenvalue weighted by molar-refractivity contribution is 5.95. The number of carbonyl (C=O) groups is 1. The van der Waals surface area contributed by atoms with E-state index < -0.39 is 0 Å². The Labute approximate surface area is 157 Å². The van der Waals surface area contributed by atoms with E-state index >= 15 is 0 Å². The Morgan fingerprint density at radius 3 is 2.44 bits per heavy atom. The van der Waals surface area contributed by atoms with Crippen LogP contribution in [0.1, 0.15) is 28.9 Å². The summed E-state index contributed by atoms with van der Waals surface area (Å²) in [6.07, 6.45) is 1.51. The van der Waals surface area contributed by atoms with E-state index in [4.69, 9.17) is 5.41 Å². The summed E-state index contributed by atoms with van der Waals surface area (Å²) >= 11 is 0. The van der Waals surface area contributed by atoms with Crippen molar-refractivity contribution in [1.29, 1.82) is 5.41 Å². The van der Waals surface area contributed by atoms with E-state index in [1.165, 1.54) is 4.68 Å². The van der Waals surface area contributed by atoms with Gasteiger partial charge in [0.15, 0.2) is 5.96 Å². The number of amides is 1. The van der Waals surface area contributed by atoms with Crippen molar-refractivity contribution in [2.75, 3.05) is 19.6 Å². The fraction of sp³-hybridized carbons (Fsp3) is 0.421. The molecule has 2 saturated heterocycles. The Morgan fingerprint density at radius 1 is 1.19 bits per heavy atom. The average molecular weight is 368 g/mol. The zero-order valence-corrected chi connectivity index (χ0v) is 15.6. The molecule has 1 spiro atoms. The largest absolute Gasteiger partial charge is 0.354 e. The van der Waals surface area contributed by atoms with Crippen LogP contribution < -0.4 is 16.2 Å². The van der Waals surface area contributed by atoms with E-state index in [0.29, 0.717) is 31.3 Å². The number of nitrogens with one attached hydrogen (secondary N) is 3. The second-order valence-corrected chi connectivity index (χ2v) is 7.36. The Morgan fingerprint density at radius 2 is 1.85 bits per heavy atom. The van der Waals surface area contributed by atoms with Gasteiger partial charge in [0.2, 0.25) is 0 Å². The number of carbonyl (C=O) groups excluding carboxylic acids is 1. The number of benzene rings is 1. The third-order valence-electron chi connectivity index (χ3n) is 5.77. The average Bonchev–Trinajstić information content (AvgIpc) is 3.13. The first-order valence-electron chi connectivity index (χ1n) is 9.16. The summed E-state index contributed by atoms with van der Waals surface area (Å²) in [7, 11) is 1.80. The van der Waals surface area contributed by atoms with Crippen LogP contribution in [0.2, 0.25) is 0 Å². The minimum atomic E-state index is -0.283. The van der Waals surface area contributed by atoms with Crippen molar-refractivity contribution < 1.29 is 4.79 Å². The lowest BCUT2D eigenvalue weighted by Crippen LogP contribution is -2.54. The molecule has 0 saturated carbocycles. The minimum absolute atomic E-state index is 0.149. The van der Waals surface area contributed by atoms with Crippen molar-refractivity contribution in [3.8, 4) is 5.69 Å². The van der Waals surface area contributed by atoms with Crippen LogP contribution in [-0.4, -0.2) is 51.3 Å². The molecular weight excluding hydrogens is 344 g/mol. The Bertz CT molecular complexity index is 951. The zero-order valence-electron chi connectivity index (χ0n) is 15.6. The van der Waals surface area contributed by atoms with Crippen molar-refractivity contribution in [3.05, 3.63) is 51.9 Å². The summed E-state index contributed by atoms with van der Waals surface area (Å²) < 4.78 is 3.28. The smallest absolute Gasteiger partial charge is 0.284 e. The predicted octanol–water partition coefficient (Wildman–Crippen LogP) is 0.587. The third-order valence-corrected chi connectivity index (χ3v) is 5.77. The zero-order chi connectivity index (χ0) is 19.2. The fourth-order valence-corrected chi connectivity index (χ4v) is 4.02. The molecule has 2 fully saturated rings. The molecule has 2 aliphatic rings. The summed E-state index contributed by atoms with van der Waals surface area (Å²) in [6, 6.07) is 9.35. The molecule has 0 aliphatic carbocycles. The molecular formula is C19H24N6O2. The van der Waals surface area contributed by atoms with Crippen LogP contribution in [0.25, 0.3) is 5.69 Å². The monoisotopic (exact) mass is 368 g/mol. The first-order valence-corrected chi connectivity index (χ1v) is 9.16. The van der Waals surface area contributed by atoms with Crippen molar-refractivity contribution in [2.24, 2.45) is 7.05 Å². The van der Waals surface area contributed by atoms with Crippen molar-refractivity contribution >= 4 is 11.9 Å². The maximum Gasteiger partial charge on any atom is 0.284 e. The van der Waals surface area contributed by atoms with E-state index in [-0.39, 0.29) is 22.6 Å². The lowest BCUT2D eigenvalue weighted by Gasteiger charge is -2.38. The van der Waals surface area contributed by atoms with Crippen LogP contribution in [0.4, 0.5) is 0 Å². The van der Waals surface area contributed by atoms with E-state index in [9.17, 15) is 9.59 Å². The maximum atomic E-state index is 13.1. The lowest BCUT2D eigenvalue weighted by atomic mass is 9.88. The molecule has 2 aromatic rings. The highest BCUT2D eigenvalue weighted by Gasteiger charge is 2.40. The van der Waals surface area contributed by atoms with Gasteiger partial charge in [-0.05, 0) is 31.9 Å². The summed E-state index contributed by atoms with van der Waals surface area (Å²) in [5, 5.41) is 13.9. The van der Waals surface area contributed by atoms with Gasteiger partial charge >= 0.3 is 0 Å². The molecule has 3 heterocycles. The quantitative estimate of drug-likeness (QED) is 0.723. The molecule has 8 heteroatoms. The Hall–Kier alpha value is -3.03. The van der Waals surface area contributed by atoms with Crippen LogP contribution >= 0.6 is 0 Å². The topological polar surface area (TPSA) is 95.2 Å². The highest BCUT2D eigenvalue weighted by Crippen LogP contribution is 2.25. The third kappa shape index (κ3) is 2.81. The molecule has 4 rings (SSSR count). The van der Waals surface area contributed by atoms with E-state index in [1.807, 2.05) is 37.3 Å². The van der Waals surface area contributed by atoms with Gasteiger partial charge in [-0.25, -0.2) is 4.68 Å². The minimum Gasteiger partial charge on any atom is -0.354 e. The molecule has 0 radical (unpaired) electrons. The van der Waals surface area contributed by atoms with Gasteiger partial charge in [0.25, 0.3) is 11.5 Å². The first-order chi connectivity index (χ1) is 12.9. The lowest BCUT2D eigenvalue weighted by molar-refractivity contribution is 0.0667. The molecule has 1 aromatic carbocycles. The SMILES string of the molecule is Cc1c(C(=O)N2CCC3(CC2)CNC(=N)N3)c(=O)n(-c2ccccc2)n1C. The molecule has 8 nitrogen and oxygen atoms in total. The van der Waals surface area contributed by atoms with Crippen LogP contribution in [0.15, 0.2) is 35.1 Å². The van der Waals surface area contributed by atoms with Gasteiger partial charge < -0.3 is 15.5 Å². The number of hydrogen-bond acceptors (Lipinski definition) is 3. The van der Waals surface area contributed by atoms with Crippen molar-refractivity contribution in [2.45, 2.75) is 25.3 Å². The Kier molecular flexibility index (Phi) is 4.05. The second-order valence-electron chi connectivity index (χ2n) is 7.36. The molecule has 27 heavy (non-hydrogen) atoms. The van der Waals surface area contributed by atoms with Gasteiger partial charge in [-0.2, -0.15) is 0 Å². The van der Waals surface area contributed by atoms with Gasteiger partial charge in [-0.3, -0.25) is 19.7 Å². The standard InChI is InChI=1S/C19H24N6O2/c1-13-15(17(27)25(23(13)2)14-6-4-3-5-7-14)16(26)24-10-8-19(9-11-24)12-21-18(20)22-19/h3-7H,8-12H2,1-2H3,(H3,20,21,22). The van der Waals surface area contributed by atoms with Crippen LogP contribution in [-0.2, 0) is 7.05 Å². The van der Waals surface area contributed by atoms with Gasteiger partial charge in [0.1, 0.15) is 5.56 Å². The number of para-hydroxylation sites is 1. The van der Waals surface area contributed by atoms with E-state index in [0.717, 1.165) is 18.5 Å². The predicted molar refractivity (Wildman–Crippen MR) is 102 cm³/mol. The number of likely N-dealkylation sites (tertiary alicyclic amines) is 1. The second kappa shape index (κ2) is 6.29. The van der Waals surface area contributed by atoms with Gasteiger partial charge in [-0.1, -0.05) is 18.2 Å². The van der Waals surface area contributed by atoms with Crippen LogP contribution in [0, 0.1) is 12.3 Å². The highest BCUT2D eigenvalue weighted by atomic mass is 16.2. The summed E-state index contributed by atoms with van der Waals surface area (Å²) in [4.78, 5) is 27.9. The van der Waals surface area contributed by atoms with Gasteiger partial charge in [0, 0.05) is 26.7 Å².